The Kier molecular flexibility index (Phi) is 6.11. The molecule has 1 fully saturated rings. The first-order valence-corrected chi connectivity index (χ1v) is 8.80. The van der Waals surface area contributed by atoms with Crippen molar-refractivity contribution in [3.63, 3.8) is 0 Å². The summed E-state index contributed by atoms with van der Waals surface area (Å²) in [6, 6.07) is 16.1. The maximum Gasteiger partial charge on any atom is 0.410 e. The number of carbonyl (C=O) groups excluding carboxylic acids is 3. The molecule has 1 atom stereocenters. The van der Waals surface area contributed by atoms with E-state index in [4.69, 9.17) is 15.2 Å². The minimum atomic E-state index is -0.610. The summed E-state index contributed by atoms with van der Waals surface area (Å²) in [4.78, 5) is 36.2. The highest BCUT2D eigenvalue weighted by Gasteiger charge is 2.31. The molecular formula is C20H21N3O5. The van der Waals surface area contributed by atoms with Crippen LogP contribution in [-0.4, -0.2) is 48.6 Å². The van der Waals surface area contributed by atoms with Gasteiger partial charge in [-0.25, -0.2) is 4.79 Å². The molecule has 8 nitrogen and oxygen atoms in total. The monoisotopic (exact) mass is 383 g/mol. The first-order chi connectivity index (χ1) is 13.5. The average Bonchev–Trinajstić information content (AvgIpc) is 3.05. The molecule has 0 bridgehead atoms. The Bertz CT molecular complexity index is 839. The summed E-state index contributed by atoms with van der Waals surface area (Å²) in [7, 11) is 0. The van der Waals surface area contributed by atoms with Crippen molar-refractivity contribution in [2.24, 2.45) is 5.73 Å². The van der Waals surface area contributed by atoms with Gasteiger partial charge in [0.2, 0.25) is 5.91 Å². The molecule has 8 heteroatoms. The van der Waals surface area contributed by atoms with Crippen LogP contribution in [0.3, 0.4) is 0 Å². The zero-order chi connectivity index (χ0) is 19.9. The van der Waals surface area contributed by atoms with E-state index in [9.17, 15) is 14.4 Å². The minimum Gasteiger partial charge on any atom is -0.490 e. The van der Waals surface area contributed by atoms with Crippen molar-refractivity contribution in [2.45, 2.75) is 12.6 Å². The van der Waals surface area contributed by atoms with Crippen molar-refractivity contribution < 1.29 is 23.9 Å². The third kappa shape index (κ3) is 5.23. The lowest BCUT2D eigenvalue weighted by Crippen LogP contribution is -2.33. The van der Waals surface area contributed by atoms with Crippen LogP contribution in [0.25, 0.3) is 0 Å². The Morgan fingerprint density at radius 2 is 1.86 bits per heavy atom. The Morgan fingerprint density at radius 1 is 1.14 bits per heavy atom. The SMILES string of the molecule is NC(=O)CNC(=O)c1ccc(OCC2CN(Cc3ccccc3)C(=O)O2)cc1. The second-order valence-electron chi connectivity index (χ2n) is 6.36. The summed E-state index contributed by atoms with van der Waals surface area (Å²) in [5.74, 6) is -0.462. The third-order valence-corrected chi connectivity index (χ3v) is 4.14. The summed E-state index contributed by atoms with van der Waals surface area (Å²) in [6.45, 7) is 0.931. The number of primary amides is 1. The number of hydrogen-bond acceptors (Lipinski definition) is 5. The molecule has 146 valence electrons. The number of hydrogen-bond donors (Lipinski definition) is 2. The van der Waals surface area contributed by atoms with Crippen molar-refractivity contribution in [3.05, 3.63) is 65.7 Å². The third-order valence-electron chi connectivity index (χ3n) is 4.14. The standard InChI is InChI=1S/C20H21N3O5/c21-18(24)10-22-19(25)15-6-8-16(9-7-15)27-13-17-12-23(20(26)28-17)11-14-4-2-1-3-5-14/h1-9,17H,10-13H2,(H2,21,24)(H,22,25). The molecule has 0 saturated carbocycles. The molecule has 0 aromatic heterocycles. The first-order valence-electron chi connectivity index (χ1n) is 8.80. The number of nitrogens with zero attached hydrogens (tertiary/aromatic N) is 1. The van der Waals surface area contributed by atoms with Gasteiger partial charge in [-0.3, -0.25) is 9.59 Å². The lowest BCUT2D eigenvalue weighted by molar-refractivity contribution is -0.117. The number of nitrogens with one attached hydrogen (secondary N) is 1. The average molecular weight is 383 g/mol. The number of amides is 3. The molecule has 28 heavy (non-hydrogen) atoms. The fourth-order valence-electron chi connectivity index (χ4n) is 2.76. The maximum atomic E-state index is 12.0. The van der Waals surface area contributed by atoms with E-state index in [1.807, 2.05) is 30.3 Å². The molecule has 1 saturated heterocycles. The van der Waals surface area contributed by atoms with Gasteiger partial charge in [-0.05, 0) is 29.8 Å². The summed E-state index contributed by atoms with van der Waals surface area (Å²) >= 11 is 0. The zero-order valence-corrected chi connectivity index (χ0v) is 15.2. The predicted octanol–water partition coefficient (Wildman–Crippen LogP) is 1.30. The first kappa shape index (κ1) is 19.2. The van der Waals surface area contributed by atoms with Crippen LogP contribution in [0.5, 0.6) is 5.75 Å². The number of nitrogens with two attached hydrogens (primary N) is 1. The largest absolute Gasteiger partial charge is 0.490 e. The van der Waals surface area contributed by atoms with Crippen LogP contribution < -0.4 is 15.8 Å². The lowest BCUT2D eigenvalue weighted by Gasteiger charge is -2.13. The Morgan fingerprint density at radius 3 is 2.54 bits per heavy atom. The van der Waals surface area contributed by atoms with Gasteiger partial charge in [0.15, 0.2) is 6.10 Å². The van der Waals surface area contributed by atoms with Gasteiger partial charge in [-0.2, -0.15) is 0 Å². The summed E-state index contributed by atoms with van der Waals surface area (Å²) in [5, 5.41) is 2.41. The highest BCUT2D eigenvalue weighted by molar-refractivity contribution is 5.96. The number of rotatable bonds is 8. The minimum absolute atomic E-state index is 0.213. The van der Waals surface area contributed by atoms with E-state index in [1.54, 1.807) is 29.2 Å². The molecule has 3 N–H and O–H groups in total. The van der Waals surface area contributed by atoms with Crippen LogP contribution in [0.1, 0.15) is 15.9 Å². The van der Waals surface area contributed by atoms with E-state index in [0.717, 1.165) is 5.56 Å². The topological polar surface area (TPSA) is 111 Å². The number of benzene rings is 2. The smallest absolute Gasteiger partial charge is 0.410 e. The van der Waals surface area contributed by atoms with Crippen LogP contribution in [0.15, 0.2) is 54.6 Å². The fourth-order valence-corrected chi connectivity index (χ4v) is 2.76. The fraction of sp³-hybridized carbons (Fsp3) is 0.250. The van der Waals surface area contributed by atoms with Gasteiger partial charge in [-0.15, -0.1) is 0 Å². The molecule has 0 radical (unpaired) electrons. The van der Waals surface area contributed by atoms with Crippen LogP contribution in [0.4, 0.5) is 4.79 Å². The van der Waals surface area contributed by atoms with E-state index in [2.05, 4.69) is 5.32 Å². The van der Waals surface area contributed by atoms with Crippen LogP contribution in [0, 0.1) is 0 Å². The number of carbonyl (C=O) groups is 3. The Labute approximate surface area is 162 Å². The molecule has 1 aliphatic heterocycles. The highest BCUT2D eigenvalue weighted by Crippen LogP contribution is 2.18. The summed E-state index contributed by atoms with van der Waals surface area (Å²) < 4.78 is 11.0. The molecule has 0 aliphatic carbocycles. The zero-order valence-electron chi connectivity index (χ0n) is 15.2. The molecule has 1 unspecified atom stereocenters. The van der Waals surface area contributed by atoms with Crippen molar-refractivity contribution in [1.82, 2.24) is 10.2 Å². The number of cyclic esters (lactones) is 1. The van der Waals surface area contributed by atoms with Gasteiger partial charge in [0.05, 0.1) is 13.1 Å². The van der Waals surface area contributed by atoms with Crippen LogP contribution >= 0.6 is 0 Å². The van der Waals surface area contributed by atoms with Crippen molar-refractivity contribution >= 4 is 17.9 Å². The summed E-state index contributed by atoms with van der Waals surface area (Å²) in [6.07, 6.45) is -0.728. The van der Waals surface area contributed by atoms with E-state index in [-0.39, 0.29) is 25.3 Å². The molecule has 2 aromatic rings. The summed E-state index contributed by atoms with van der Waals surface area (Å²) in [5.41, 5.74) is 6.41. The molecule has 1 aliphatic rings. The lowest BCUT2D eigenvalue weighted by atomic mass is 10.2. The second-order valence-corrected chi connectivity index (χ2v) is 6.36. The van der Waals surface area contributed by atoms with Crippen molar-refractivity contribution in [2.75, 3.05) is 19.7 Å². The van der Waals surface area contributed by atoms with E-state index in [0.29, 0.717) is 24.4 Å². The van der Waals surface area contributed by atoms with Crippen molar-refractivity contribution in [3.8, 4) is 5.75 Å². The van der Waals surface area contributed by atoms with E-state index in [1.165, 1.54) is 0 Å². The molecule has 1 heterocycles. The normalized spacial score (nSPS) is 15.8. The van der Waals surface area contributed by atoms with E-state index >= 15 is 0 Å². The van der Waals surface area contributed by atoms with Gasteiger partial charge in [0, 0.05) is 12.1 Å². The Hall–Kier alpha value is -3.55. The number of ether oxygens (including phenoxy) is 2. The van der Waals surface area contributed by atoms with Gasteiger partial charge in [-0.1, -0.05) is 30.3 Å². The maximum absolute atomic E-state index is 12.0. The molecule has 0 spiro atoms. The quantitative estimate of drug-likeness (QED) is 0.714. The molecular weight excluding hydrogens is 362 g/mol. The predicted molar refractivity (Wildman–Crippen MR) is 101 cm³/mol. The van der Waals surface area contributed by atoms with Crippen LogP contribution in [-0.2, 0) is 16.1 Å². The van der Waals surface area contributed by atoms with Gasteiger partial charge in [0.25, 0.3) is 5.91 Å². The second kappa shape index (κ2) is 8.90. The molecule has 2 aromatic carbocycles. The molecule has 3 rings (SSSR count). The van der Waals surface area contributed by atoms with Crippen LogP contribution in [0.2, 0.25) is 0 Å². The van der Waals surface area contributed by atoms with Gasteiger partial charge in [0.1, 0.15) is 12.4 Å². The molecule has 3 amide bonds. The van der Waals surface area contributed by atoms with Gasteiger partial charge >= 0.3 is 6.09 Å². The highest BCUT2D eigenvalue weighted by atomic mass is 16.6. The van der Waals surface area contributed by atoms with E-state index < -0.39 is 11.8 Å². The van der Waals surface area contributed by atoms with Crippen molar-refractivity contribution in [1.29, 1.82) is 0 Å². The Balaban J connectivity index is 1.47. The van der Waals surface area contributed by atoms with Gasteiger partial charge < -0.3 is 25.4 Å².